The van der Waals surface area contributed by atoms with Crippen LogP contribution >= 0.6 is 0 Å². The van der Waals surface area contributed by atoms with Crippen molar-refractivity contribution in [3.63, 3.8) is 0 Å². The zero-order valence-corrected chi connectivity index (χ0v) is 19.2. The van der Waals surface area contributed by atoms with E-state index >= 15 is 0 Å². The molecule has 1 aromatic rings. The van der Waals surface area contributed by atoms with E-state index in [2.05, 4.69) is 34.9 Å². The molecule has 1 saturated carbocycles. The lowest BCUT2D eigenvalue weighted by Crippen LogP contribution is -2.50. The van der Waals surface area contributed by atoms with Crippen LogP contribution in [-0.4, -0.2) is 66.4 Å². The Morgan fingerprint density at radius 2 is 1.67 bits per heavy atom. The molecule has 2 saturated heterocycles. The van der Waals surface area contributed by atoms with Gasteiger partial charge in [-0.3, -0.25) is 0 Å². The molecule has 0 aromatic heterocycles. The van der Waals surface area contributed by atoms with Gasteiger partial charge in [-0.25, -0.2) is 0 Å². The second-order valence-electron chi connectivity index (χ2n) is 10.1. The zero-order chi connectivity index (χ0) is 21.0. The Morgan fingerprint density at radius 3 is 2.30 bits per heavy atom. The molecule has 30 heavy (non-hydrogen) atoms. The predicted molar refractivity (Wildman–Crippen MR) is 123 cm³/mol. The van der Waals surface area contributed by atoms with Gasteiger partial charge in [-0.2, -0.15) is 0 Å². The SMILES string of the molecule is COc1ccc(C(CN2CCC(N3CCCCC3)CC2)C2(O)CCCCC2)cc1C. The summed E-state index contributed by atoms with van der Waals surface area (Å²) >= 11 is 0. The number of ether oxygens (including phenoxy) is 1. The van der Waals surface area contributed by atoms with Crippen molar-refractivity contribution in [1.82, 2.24) is 9.80 Å². The van der Waals surface area contributed by atoms with Crippen molar-refractivity contribution in [2.75, 3.05) is 39.8 Å². The Labute approximate surface area is 183 Å². The van der Waals surface area contributed by atoms with Crippen LogP contribution in [0.1, 0.15) is 81.3 Å². The van der Waals surface area contributed by atoms with Crippen molar-refractivity contribution in [3.8, 4) is 5.75 Å². The van der Waals surface area contributed by atoms with Gasteiger partial charge >= 0.3 is 0 Å². The van der Waals surface area contributed by atoms with Gasteiger partial charge in [-0.05, 0) is 88.8 Å². The van der Waals surface area contributed by atoms with Crippen molar-refractivity contribution >= 4 is 0 Å². The van der Waals surface area contributed by atoms with E-state index in [0.29, 0.717) is 0 Å². The molecule has 3 fully saturated rings. The molecule has 4 rings (SSSR count). The van der Waals surface area contributed by atoms with Gasteiger partial charge in [0.1, 0.15) is 5.75 Å². The van der Waals surface area contributed by atoms with Crippen molar-refractivity contribution in [2.24, 2.45) is 0 Å². The first kappa shape index (κ1) is 22.1. The number of likely N-dealkylation sites (tertiary alicyclic amines) is 2. The van der Waals surface area contributed by atoms with Gasteiger partial charge in [0, 0.05) is 18.5 Å². The Kier molecular flexibility index (Phi) is 7.38. The number of rotatable bonds is 6. The lowest BCUT2D eigenvalue weighted by molar-refractivity contribution is -0.0343. The second-order valence-corrected chi connectivity index (χ2v) is 10.1. The summed E-state index contributed by atoms with van der Waals surface area (Å²) < 4.78 is 5.49. The van der Waals surface area contributed by atoms with Crippen molar-refractivity contribution < 1.29 is 9.84 Å². The molecule has 4 heteroatoms. The first-order valence-electron chi connectivity index (χ1n) is 12.4. The van der Waals surface area contributed by atoms with E-state index in [1.165, 1.54) is 75.8 Å². The van der Waals surface area contributed by atoms with E-state index in [1.54, 1.807) is 7.11 Å². The Morgan fingerprint density at radius 1 is 1.00 bits per heavy atom. The van der Waals surface area contributed by atoms with Crippen LogP contribution in [-0.2, 0) is 0 Å². The highest BCUT2D eigenvalue weighted by molar-refractivity contribution is 5.38. The molecule has 1 atom stereocenters. The van der Waals surface area contributed by atoms with Crippen LogP contribution in [0.2, 0.25) is 0 Å². The molecule has 0 amide bonds. The van der Waals surface area contributed by atoms with Crippen molar-refractivity contribution in [2.45, 2.75) is 88.7 Å². The standard InChI is InChI=1S/C26H42N2O2/c1-21-19-22(9-10-25(21)30-2)24(26(29)13-5-3-6-14-26)20-27-17-11-23(12-18-27)28-15-7-4-8-16-28/h9-10,19,23-24,29H,3-8,11-18,20H2,1-2H3. The Hall–Kier alpha value is -1.10. The second kappa shape index (κ2) is 10.0. The number of hydrogen-bond donors (Lipinski definition) is 1. The van der Waals surface area contributed by atoms with E-state index in [-0.39, 0.29) is 5.92 Å². The highest BCUT2D eigenvalue weighted by Crippen LogP contribution is 2.41. The van der Waals surface area contributed by atoms with Gasteiger partial charge < -0.3 is 19.6 Å². The maximum atomic E-state index is 11.7. The highest BCUT2D eigenvalue weighted by atomic mass is 16.5. The molecule has 1 unspecified atom stereocenters. The monoisotopic (exact) mass is 414 g/mol. The van der Waals surface area contributed by atoms with Gasteiger partial charge in [-0.15, -0.1) is 0 Å². The molecule has 168 valence electrons. The van der Waals surface area contributed by atoms with E-state index in [0.717, 1.165) is 44.0 Å². The van der Waals surface area contributed by atoms with Gasteiger partial charge in [0.2, 0.25) is 0 Å². The van der Waals surface area contributed by atoms with E-state index in [1.807, 2.05) is 0 Å². The molecule has 0 spiro atoms. The largest absolute Gasteiger partial charge is 0.496 e. The molecular weight excluding hydrogens is 372 g/mol. The van der Waals surface area contributed by atoms with Gasteiger partial charge in [0.15, 0.2) is 0 Å². The van der Waals surface area contributed by atoms with E-state index in [4.69, 9.17) is 4.74 Å². The fourth-order valence-corrected chi connectivity index (χ4v) is 6.23. The zero-order valence-electron chi connectivity index (χ0n) is 19.2. The third-order valence-electron chi connectivity index (χ3n) is 8.09. The van der Waals surface area contributed by atoms with Crippen LogP contribution in [0.15, 0.2) is 18.2 Å². The molecule has 2 heterocycles. The number of hydrogen-bond acceptors (Lipinski definition) is 4. The summed E-state index contributed by atoms with van der Waals surface area (Å²) in [5, 5.41) is 11.7. The first-order valence-corrected chi connectivity index (χ1v) is 12.4. The predicted octanol–water partition coefficient (Wildman–Crippen LogP) is 4.73. The van der Waals surface area contributed by atoms with Crippen LogP contribution in [0.3, 0.4) is 0 Å². The van der Waals surface area contributed by atoms with Gasteiger partial charge in [0.05, 0.1) is 12.7 Å². The summed E-state index contributed by atoms with van der Waals surface area (Å²) in [6.07, 6.45) is 12.2. The maximum absolute atomic E-state index is 11.7. The molecule has 0 bridgehead atoms. The normalized spacial score (nSPS) is 25.2. The molecule has 1 N–H and O–H groups in total. The highest BCUT2D eigenvalue weighted by Gasteiger charge is 2.40. The first-order chi connectivity index (χ1) is 14.6. The number of aryl methyl sites for hydroxylation is 1. The maximum Gasteiger partial charge on any atom is 0.121 e. The van der Waals surface area contributed by atoms with Gasteiger partial charge in [0.25, 0.3) is 0 Å². The number of aliphatic hydroxyl groups is 1. The van der Waals surface area contributed by atoms with Crippen LogP contribution in [0.25, 0.3) is 0 Å². The number of methoxy groups -OCH3 is 1. The van der Waals surface area contributed by atoms with E-state index < -0.39 is 5.60 Å². The fraction of sp³-hybridized carbons (Fsp3) is 0.769. The van der Waals surface area contributed by atoms with Crippen LogP contribution < -0.4 is 4.74 Å². The fourth-order valence-electron chi connectivity index (χ4n) is 6.23. The van der Waals surface area contributed by atoms with Gasteiger partial charge in [-0.1, -0.05) is 37.8 Å². The minimum atomic E-state index is -0.566. The minimum absolute atomic E-state index is 0.189. The van der Waals surface area contributed by atoms with Crippen molar-refractivity contribution in [3.05, 3.63) is 29.3 Å². The third-order valence-corrected chi connectivity index (χ3v) is 8.09. The van der Waals surface area contributed by atoms with Crippen LogP contribution in [0.5, 0.6) is 5.75 Å². The third kappa shape index (κ3) is 5.03. The minimum Gasteiger partial charge on any atom is -0.496 e. The van der Waals surface area contributed by atoms with Crippen LogP contribution in [0.4, 0.5) is 0 Å². The summed E-state index contributed by atoms with van der Waals surface area (Å²) in [7, 11) is 1.74. The van der Waals surface area contributed by atoms with E-state index in [9.17, 15) is 5.11 Å². The number of benzene rings is 1. The Bertz CT molecular complexity index is 672. The topological polar surface area (TPSA) is 35.9 Å². The summed E-state index contributed by atoms with van der Waals surface area (Å²) in [6, 6.07) is 7.33. The number of nitrogens with zero attached hydrogens (tertiary/aromatic N) is 2. The molecule has 1 aliphatic carbocycles. The average Bonchev–Trinajstić information content (AvgIpc) is 2.79. The molecule has 2 aliphatic heterocycles. The van der Waals surface area contributed by atoms with Crippen molar-refractivity contribution in [1.29, 1.82) is 0 Å². The molecule has 3 aliphatic rings. The summed E-state index contributed by atoms with van der Waals surface area (Å²) in [5.74, 6) is 1.13. The summed E-state index contributed by atoms with van der Waals surface area (Å²) in [5.41, 5.74) is 1.89. The van der Waals surface area contributed by atoms with Crippen LogP contribution in [0, 0.1) is 6.92 Å². The smallest absolute Gasteiger partial charge is 0.121 e. The lowest BCUT2D eigenvalue weighted by atomic mass is 9.72. The lowest BCUT2D eigenvalue weighted by Gasteiger charge is -2.45. The molecule has 0 radical (unpaired) electrons. The molecule has 1 aromatic carbocycles. The molecule has 4 nitrogen and oxygen atoms in total. The number of piperidine rings is 2. The summed E-state index contributed by atoms with van der Waals surface area (Å²) in [6.45, 7) is 8.05. The average molecular weight is 415 g/mol. The summed E-state index contributed by atoms with van der Waals surface area (Å²) in [4.78, 5) is 5.39. The Balaban J connectivity index is 1.46. The quantitative estimate of drug-likeness (QED) is 0.730. The molecular formula is C26H42N2O2.